The number of pyridine rings is 1. The van der Waals surface area contributed by atoms with Gasteiger partial charge in [0.15, 0.2) is 0 Å². The fourth-order valence-electron chi connectivity index (χ4n) is 2.02. The zero-order chi connectivity index (χ0) is 17.9. The number of sulfonamides is 1. The molecule has 6 nitrogen and oxygen atoms in total. The van der Waals surface area contributed by atoms with Crippen molar-refractivity contribution in [2.24, 2.45) is 0 Å². The van der Waals surface area contributed by atoms with Crippen molar-refractivity contribution in [3.8, 4) is 5.75 Å². The van der Waals surface area contributed by atoms with E-state index in [1.807, 2.05) is 0 Å². The Morgan fingerprint density at radius 2 is 2.04 bits per heavy atom. The minimum absolute atomic E-state index is 0.0229. The number of ether oxygens (including phenoxy) is 1. The van der Waals surface area contributed by atoms with Crippen LogP contribution in [-0.4, -0.2) is 43.5 Å². The molecule has 1 N–H and O–H groups in total. The Labute approximate surface area is 150 Å². The second kappa shape index (κ2) is 7.67. The van der Waals surface area contributed by atoms with Gasteiger partial charge in [-0.2, -0.15) is 4.31 Å². The summed E-state index contributed by atoms with van der Waals surface area (Å²) in [7, 11) is -0.985. The number of hydrogen-bond donors (Lipinski definition) is 1. The standard InChI is InChI=1S/C15H16Cl2N2O4S/c1-19(9-14(20)10-4-3-5-11(6-10)23-2)24(21,22)12-7-13(16)15(17)18-8-12/h3-8,14,20H,9H2,1-2H3. The lowest BCUT2D eigenvalue weighted by Crippen LogP contribution is -2.31. The minimum Gasteiger partial charge on any atom is -0.497 e. The summed E-state index contributed by atoms with van der Waals surface area (Å²) in [6, 6.07) is 8.01. The molecule has 1 aromatic carbocycles. The number of benzene rings is 1. The average molecular weight is 391 g/mol. The van der Waals surface area contributed by atoms with Gasteiger partial charge in [-0.25, -0.2) is 13.4 Å². The number of hydrogen-bond acceptors (Lipinski definition) is 5. The number of rotatable bonds is 6. The highest BCUT2D eigenvalue weighted by Gasteiger charge is 2.25. The molecule has 1 unspecified atom stereocenters. The summed E-state index contributed by atoms with van der Waals surface area (Å²) in [5.74, 6) is 0.575. The molecule has 1 atom stereocenters. The van der Waals surface area contributed by atoms with Crippen LogP contribution in [0.15, 0.2) is 41.4 Å². The first kappa shape index (κ1) is 19.0. The molecule has 0 fully saturated rings. The van der Waals surface area contributed by atoms with Gasteiger partial charge in [0, 0.05) is 19.8 Å². The summed E-state index contributed by atoms with van der Waals surface area (Å²) in [4.78, 5) is 3.64. The van der Waals surface area contributed by atoms with E-state index in [4.69, 9.17) is 27.9 Å². The van der Waals surface area contributed by atoms with Crippen molar-refractivity contribution in [2.75, 3.05) is 20.7 Å². The van der Waals surface area contributed by atoms with Crippen LogP contribution in [0.5, 0.6) is 5.75 Å². The maximum atomic E-state index is 12.5. The van der Waals surface area contributed by atoms with Gasteiger partial charge in [-0.05, 0) is 23.8 Å². The van der Waals surface area contributed by atoms with Crippen LogP contribution in [0.3, 0.4) is 0 Å². The van der Waals surface area contributed by atoms with Crippen LogP contribution in [0, 0.1) is 0 Å². The molecule has 2 rings (SSSR count). The fraction of sp³-hybridized carbons (Fsp3) is 0.267. The number of halogens is 2. The third-order valence-corrected chi connectivity index (χ3v) is 5.86. The van der Waals surface area contributed by atoms with Crippen LogP contribution in [0.25, 0.3) is 0 Å². The van der Waals surface area contributed by atoms with Gasteiger partial charge in [0.05, 0.1) is 18.2 Å². The number of likely N-dealkylation sites (N-methyl/N-ethyl adjacent to an activating group) is 1. The molecule has 2 aromatic rings. The van der Waals surface area contributed by atoms with Crippen LogP contribution >= 0.6 is 23.2 Å². The number of methoxy groups -OCH3 is 1. The van der Waals surface area contributed by atoms with Crippen LogP contribution in [0.4, 0.5) is 0 Å². The van der Waals surface area contributed by atoms with E-state index in [1.165, 1.54) is 20.2 Å². The van der Waals surface area contributed by atoms with Crippen molar-refractivity contribution in [1.82, 2.24) is 9.29 Å². The van der Waals surface area contributed by atoms with Crippen molar-refractivity contribution in [1.29, 1.82) is 0 Å². The molecule has 0 radical (unpaired) electrons. The maximum absolute atomic E-state index is 12.5. The Morgan fingerprint density at radius 3 is 2.67 bits per heavy atom. The highest BCUT2D eigenvalue weighted by Crippen LogP contribution is 2.25. The van der Waals surface area contributed by atoms with E-state index >= 15 is 0 Å². The van der Waals surface area contributed by atoms with E-state index in [1.54, 1.807) is 24.3 Å². The first-order valence-corrected chi connectivity index (χ1v) is 9.04. The van der Waals surface area contributed by atoms with Crippen molar-refractivity contribution in [3.63, 3.8) is 0 Å². The first-order valence-electron chi connectivity index (χ1n) is 6.85. The van der Waals surface area contributed by atoms with Crippen LogP contribution in [0.2, 0.25) is 10.2 Å². The van der Waals surface area contributed by atoms with E-state index in [0.717, 1.165) is 10.5 Å². The van der Waals surface area contributed by atoms with E-state index in [2.05, 4.69) is 4.98 Å². The molecule has 0 aliphatic rings. The minimum atomic E-state index is -3.86. The van der Waals surface area contributed by atoms with E-state index in [0.29, 0.717) is 11.3 Å². The SMILES string of the molecule is COc1cccc(C(O)CN(C)S(=O)(=O)c2cnc(Cl)c(Cl)c2)c1. The Hall–Kier alpha value is -1.38. The highest BCUT2D eigenvalue weighted by atomic mass is 35.5. The third-order valence-electron chi connectivity index (χ3n) is 3.39. The molecule has 0 saturated carbocycles. The summed E-state index contributed by atoms with van der Waals surface area (Å²) in [5, 5.41) is 10.4. The summed E-state index contributed by atoms with van der Waals surface area (Å²) in [6.45, 7) is -0.143. The zero-order valence-corrected chi connectivity index (χ0v) is 15.3. The van der Waals surface area contributed by atoms with Gasteiger partial charge in [0.25, 0.3) is 0 Å². The number of nitrogens with zero attached hydrogens (tertiary/aromatic N) is 2. The molecular weight excluding hydrogens is 375 g/mol. The molecule has 1 heterocycles. The largest absolute Gasteiger partial charge is 0.497 e. The molecule has 0 amide bonds. The second-order valence-electron chi connectivity index (χ2n) is 5.02. The smallest absolute Gasteiger partial charge is 0.244 e. The van der Waals surface area contributed by atoms with Crippen LogP contribution in [-0.2, 0) is 10.0 Å². The normalized spacial score (nSPS) is 13.1. The topological polar surface area (TPSA) is 79.7 Å². The van der Waals surface area contributed by atoms with Crippen molar-refractivity contribution in [2.45, 2.75) is 11.0 Å². The summed E-state index contributed by atoms with van der Waals surface area (Å²) < 4.78 is 31.2. The third kappa shape index (κ3) is 4.17. The Morgan fingerprint density at radius 1 is 1.33 bits per heavy atom. The first-order chi connectivity index (χ1) is 11.3. The molecule has 0 aliphatic carbocycles. The molecule has 0 bridgehead atoms. The summed E-state index contributed by atoms with van der Waals surface area (Å²) in [5.41, 5.74) is 0.545. The van der Waals surface area contributed by atoms with E-state index < -0.39 is 16.1 Å². The highest BCUT2D eigenvalue weighted by molar-refractivity contribution is 7.89. The van der Waals surface area contributed by atoms with Crippen molar-refractivity contribution < 1.29 is 18.3 Å². The van der Waals surface area contributed by atoms with Gasteiger partial charge in [-0.15, -0.1) is 0 Å². The lowest BCUT2D eigenvalue weighted by Gasteiger charge is -2.21. The molecule has 9 heteroatoms. The summed E-state index contributed by atoms with van der Waals surface area (Å²) >= 11 is 11.5. The van der Waals surface area contributed by atoms with E-state index in [9.17, 15) is 13.5 Å². The monoisotopic (exact) mass is 390 g/mol. The van der Waals surface area contributed by atoms with Crippen LogP contribution in [0.1, 0.15) is 11.7 Å². The fourth-order valence-corrected chi connectivity index (χ4v) is 3.50. The number of aliphatic hydroxyl groups is 1. The second-order valence-corrected chi connectivity index (χ2v) is 7.83. The predicted octanol–water partition coefficient (Wildman–Crippen LogP) is 2.75. The Balaban J connectivity index is 2.20. The van der Waals surface area contributed by atoms with Gasteiger partial charge in [0.2, 0.25) is 10.0 Å². The van der Waals surface area contributed by atoms with Gasteiger partial charge >= 0.3 is 0 Å². The van der Waals surface area contributed by atoms with Gasteiger partial charge in [-0.1, -0.05) is 35.3 Å². The lowest BCUT2D eigenvalue weighted by molar-refractivity contribution is 0.154. The molecule has 0 aliphatic heterocycles. The molecule has 0 saturated heterocycles. The maximum Gasteiger partial charge on any atom is 0.244 e. The molecular formula is C15H16Cl2N2O4S. The lowest BCUT2D eigenvalue weighted by atomic mass is 10.1. The predicted molar refractivity (Wildman–Crippen MR) is 92.0 cm³/mol. The van der Waals surface area contributed by atoms with E-state index in [-0.39, 0.29) is 21.6 Å². The average Bonchev–Trinajstić information content (AvgIpc) is 2.57. The number of aromatic nitrogens is 1. The number of aliphatic hydroxyl groups excluding tert-OH is 1. The Bertz CT molecular complexity index is 830. The van der Waals surface area contributed by atoms with Gasteiger partial charge in [0.1, 0.15) is 15.8 Å². The quantitative estimate of drug-likeness (QED) is 0.766. The van der Waals surface area contributed by atoms with Gasteiger partial charge in [-0.3, -0.25) is 0 Å². The molecule has 1 aromatic heterocycles. The van der Waals surface area contributed by atoms with Crippen molar-refractivity contribution in [3.05, 3.63) is 52.3 Å². The molecule has 24 heavy (non-hydrogen) atoms. The van der Waals surface area contributed by atoms with Crippen molar-refractivity contribution >= 4 is 33.2 Å². The molecule has 0 spiro atoms. The molecule has 130 valence electrons. The summed E-state index contributed by atoms with van der Waals surface area (Å²) in [6.07, 6.45) is 0.105. The Kier molecular flexibility index (Phi) is 6.06. The van der Waals surface area contributed by atoms with Crippen LogP contribution < -0.4 is 4.74 Å². The van der Waals surface area contributed by atoms with Gasteiger partial charge < -0.3 is 9.84 Å². The zero-order valence-electron chi connectivity index (χ0n) is 13.0.